The number of aliphatic carboxylic acids is 1. The minimum absolute atomic E-state index is 0.148. The lowest BCUT2D eigenvalue weighted by molar-refractivity contribution is -0.134. The van der Waals surface area contributed by atoms with Crippen molar-refractivity contribution in [2.24, 2.45) is 0 Å². The smallest absolute Gasteiger partial charge is 0.322 e. The molecular formula is C14H11Cl2NO2. The number of rotatable bonds is 4. The van der Waals surface area contributed by atoms with Gasteiger partial charge in [0.1, 0.15) is 6.54 Å². The van der Waals surface area contributed by atoms with Gasteiger partial charge < -0.3 is 10.4 Å². The van der Waals surface area contributed by atoms with Gasteiger partial charge in [-0.3, -0.25) is 4.79 Å². The first kappa shape index (κ1) is 13.7. The fourth-order valence-electron chi connectivity index (χ4n) is 1.77. The van der Waals surface area contributed by atoms with Gasteiger partial charge in [-0.05, 0) is 29.8 Å². The second-order valence-corrected chi connectivity index (χ2v) is 4.82. The Morgan fingerprint density at radius 2 is 1.74 bits per heavy atom. The summed E-state index contributed by atoms with van der Waals surface area (Å²) in [6.07, 6.45) is 0. The van der Waals surface area contributed by atoms with Gasteiger partial charge in [-0.25, -0.2) is 0 Å². The van der Waals surface area contributed by atoms with E-state index in [1.54, 1.807) is 18.2 Å². The van der Waals surface area contributed by atoms with Crippen LogP contribution in [0.4, 0.5) is 5.69 Å². The highest BCUT2D eigenvalue weighted by Crippen LogP contribution is 2.32. The number of hydrogen-bond acceptors (Lipinski definition) is 2. The predicted molar refractivity (Wildman–Crippen MR) is 78.0 cm³/mol. The summed E-state index contributed by atoms with van der Waals surface area (Å²) in [5, 5.41) is 12.7. The number of carbonyl (C=O) groups is 1. The van der Waals surface area contributed by atoms with Gasteiger partial charge in [-0.1, -0.05) is 41.4 Å². The summed E-state index contributed by atoms with van der Waals surface area (Å²) in [5.41, 5.74) is 2.42. The molecule has 0 bridgehead atoms. The Morgan fingerprint density at radius 1 is 1.11 bits per heavy atom. The van der Waals surface area contributed by atoms with E-state index < -0.39 is 5.97 Å². The number of anilines is 1. The van der Waals surface area contributed by atoms with Crippen molar-refractivity contribution in [2.75, 3.05) is 11.9 Å². The lowest BCUT2D eigenvalue weighted by Crippen LogP contribution is -2.12. The zero-order valence-electron chi connectivity index (χ0n) is 9.86. The molecule has 2 aromatic rings. The molecule has 3 nitrogen and oxygen atoms in total. The van der Waals surface area contributed by atoms with E-state index in [4.69, 9.17) is 28.3 Å². The van der Waals surface area contributed by atoms with Crippen LogP contribution in [0.3, 0.4) is 0 Å². The molecule has 0 unspecified atom stereocenters. The van der Waals surface area contributed by atoms with Crippen LogP contribution in [0.1, 0.15) is 0 Å². The van der Waals surface area contributed by atoms with Crippen molar-refractivity contribution in [3.8, 4) is 11.1 Å². The predicted octanol–water partition coefficient (Wildman–Crippen LogP) is 4.16. The van der Waals surface area contributed by atoms with Crippen LogP contribution in [0.15, 0.2) is 42.5 Å². The van der Waals surface area contributed by atoms with Crippen LogP contribution >= 0.6 is 23.2 Å². The van der Waals surface area contributed by atoms with Crippen LogP contribution in [0.25, 0.3) is 11.1 Å². The third-order valence-corrected chi connectivity index (χ3v) is 2.97. The molecule has 98 valence electrons. The van der Waals surface area contributed by atoms with E-state index in [0.717, 1.165) is 16.8 Å². The average molecular weight is 296 g/mol. The van der Waals surface area contributed by atoms with Gasteiger partial charge in [0.15, 0.2) is 0 Å². The highest BCUT2D eigenvalue weighted by atomic mass is 35.5. The molecule has 0 aromatic heterocycles. The molecule has 2 rings (SSSR count). The monoisotopic (exact) mass is 295 g/mol. The summed E-state index contributed by atoms with van der Waals surface area (Å²) >= 11 is 12.0. The molecule has 0 amide bonds. The van der Waals surface area contributed by atoms with Crippen LogP contribution in [-0.2, 0) is 4.79 Å². The molecule has 2 N–H and O–H groups in total. The Labute approximate surface area is 120 Å². The van der Waals surface area contributed by atoms with Gasteiger partial charge in [0, 0.05) is 21.3 Å². The van der Waals surface area contributed by atoms with Crippen molar-refractivity contribution in [1.29, 1.82) is 0 Å². The SMILES string of the molecule is O=C(O)CNc1ccccc1-c1cc(Cl)cc(Cl)c1. The van der Waals surface area contributed by atoms with Crippen molar-refractivity contribution >= 4 is 34.9 Å². The van der Waals surface area contributed by atoms with E-state index in [-0.39, 0.29) is 6.54 Å². The molecule has 19 heavy (non-hydrogen) atoms. The van der Waals surface area contributed by atoms with Gasteiger partial charge >= 0.3 is 5.97 Å². The first-order valence-corrected chi connectivity index (χ1v) is 6.33. The van der Waals surface area contributed by atoms with Gasteiger partial charge in [-0.15, -0.1) is 0 Å². The maximum atomic E-state index is 10.6. The van der Waals surface area contributed by atoms with Gasteiger partial charge in [0.05, 0.1) is 0 Å². The molecule has 0 aliphatic carbocycles. The van der Waals surface area contributed by atoms with Gasteiger partial charge in [-0.2, -0.15) is 0 Å². The second kappa shape index (κ2) is 5.95. The van der Waals surface area contributed by atoms with Crippen molar-refractivity contribution in [3.63, 3.8) is 0 Å². The molecule has 0 saturated carbocycles. The Hall–Kier alpha value is -1.71. The van der Waals surface area contributed by atoms with Crippen LogP contribution in [0, 0.1) is 0 Å². The van der Waals surface area contributed by atoms with E-state index in [9.17, 15) is 4.79 Å². The highest BCUT2D eigenvalue weighted by Gasteiger charge is 2.07. The summed E-state index contributed by atoms with van der Waals surface area (Å²) in [6, 6.07) is 12.6. The van der Waals surface area contributed by atoms with Crippen LogP contribution in [0.2, 0.25) is 10.0 Å². The number of hydrogen-bond donors (Lipinski definition) is 2. The molecule has 0 aliphatic rings. The Kier molecular flexibility index (Phi) is 4.30. The van der Waals surface area contributed by atoms with Crippen molar-refractivity contribution < 1.29 is 9.90 Å². The third kappa shape index (κ3) is 3.63. The largest absolute Gasteiger partial charge is 0.480 e. The summed E-state index contributed by atoms with van der Waals surface area (Å²) in [6.45, 7) is -0.148. The van der Waals surface area contributed by atoms with Crippen molar-refractivity contribution in [1.82, 2.24) is 0 Å². The number of carboxylic acids is 1. The second-order valence-electron chi connectivity index (χ2n) is 3.95. The molecule has 5 heteroatoms. The molecule has 0 radical (unpaired) electrons. The zero-order valence-corrected chi connectivity index (χ0v) is 11.4. The minimum Gasteiger partial charge on any atom is -0.480 e. The van der Waals surface area contributed by atoms with E-state index in [1.807, 2.05) is 24.3 Å². The van der Waals surface area contributed by atoms with Gasteiger partial charge in [0.25, 0.3) is 0 Å². The average Bonchev–Trinajstić information content (AvgIpc) is 2.35. The molecule has 0 saturated heterocycles. The maximum absolute atomic E-state index is 10.6. The summed E-state index contributed by atoms with van der Waals surface area (Å²) in [7, 11) is 0. The molecule has 0 fully saturated rings. The quantitative estimate of drug-likeness (QED) is 0.890. The molecule has 0 aliphatic heterocycles. The van der Waals surface area contributed by atoms with E-state index >= 15 is 0 Å². The van der Waals surface area contributed by atoms with Crippen molar-refractivity contribution in [2.45, 2.75) is 0 Å². The number of carboxylic acid groups (broad SMARTS) is 1. The topological polar surface area (TPSA) is 49.3 Å². The fourth-order valence-corrected chi connectivity index (χ4v) is 2.30. The zero-order chi connectivity index (χ0) is 13.8. The lowest BCUT2D eigenvalue weighted by atomic mass is 10.0. The van der Waals surface area contributed by atoms with Crippen LogP contribution in [-0.4, -0.2) is 17.6 Å². The summed E-state index contributed by atoms with van der Waals surface area (Å²) in [4.78, 5) is 10.6. The first-order valence-electron chi connectivity index (χ1n) is 5.57. The highest BCUT2D eigenvalue weighted by molar-refractivity contribution is 6.35. The molecule has 0 spiro atoms. The summed E-state index contributed by atoms with van der Waals surface area (Å²) < 4.78 is 0. The van der Waals surface area contributed by atoms with E-state index in [1.165, 1.54) is 0 Å². The fraction of sp³-hybridized carbons (Fsp3) is 0.0714. The van der Waals surface area contributed by atoms with Crippen LogP contribution in [0.5, 0.6) is 0 Å². The first-order chi connectivity index (χ1) is 9.06. The third-order valence-electron chi connectivity index (χ3n) is 2.53. The Balaban J connectivity index is 2.40. The lowest BCUT2D eigenvalue weighted by Gasteiger charge is -2.11. The van der Waals surface area contributed by atoms with Gasteiger partial charge in [0.2, 0.25) is 0 Å². The number of benzene rings is 2. The number of para-hydroxylation sites is 1. The van der Waals surface area contributed by atoms with Crippen molar-refractivity contribution in [3.05, 3.63) is 52.5 Å². The van der Waals surface area contributed by atoms with E-state index in [2.05, 4.69) is 5.32 Å². The molecule has 2 aromatic carbocycles. The maximum Gasteiger partial charge on any atom is 0.322 e. The standard InChI is InChI=1S/C14H11Cl2NO2/c15-10-5-9(6-11(16)7-10)12-3-1-2-4-13(12)17-8-14(18)19/h1-7,17H,8H2,(H,18,19). The molecule has 0 atom stereocenters. The Morgan fingerprint density at radius 3 is 2.37 bits per heavy atom. The van der Waals surface area contributed by atoms with Crippen LogP contribution < -0.4 is 5.32 Å². The normalized spacial score (nSPS) is 10.2. The van der Waals surface area contributed by atoms with E-state index in [0.29, 0.717) is 10.0 Å². The number of halogens is 2. The molecule has 0 heterocycles. The Bertz CT molecular complexity index is 594. The molecular weight excluding hydrogens is 285 g/mol. The number of nitrogens with one attached hydrogen (secondary N) is 1. The summed E-state index contributed by atoms with van der Waals surface area (Å²) in [5.74, 6) is -0.918. The minimum atomic E-state index is -0.918.